The van der Waals surface area contributed by atoms with Gasteiger partial charge in [-0.15, -0.1) is 32.1 Å². The predicted octanol–water partition coefficient (Wildman–Crippen LogP) is 14.1. The Morgan fingerprint density at radius 1 is 0.374 bits per heavy atom. The monoisotopic (exact) mass is 1640 g/mol. The Kier molecular flexibility index (Phi) is 47.6. The molecule has 0 aliphatic rings. The minimum Gasteiger partial charge on any atom is -0.479 e. The molecule has 0 saturated heterocycles. The molecule has 0 saturated carbocycles. The standard InChI is InChI=1S/C14H11ClO3.C12H11ClO3.C11H8Cl2O2.C11H9ClO3.C10H11ClO5S.C9H9ClO3.C9H7ClO3/c1-3-9-17-13(14(16)18-10-4-2)11-5-7-12(15)8-6-11;1-3-8-16-11(12(14)15-2)9-4-6-10(13)7-5-9;2*1-2-7-15-10(11(13)14)8-3-5-9(12)6-4-8;1-15-10(12)9(16-17(2,13)14)7-3-5-8(11)6-4-7;2*1-13-9(12)8(11)6-2-4-7(10)5-3-6/h1-2,5-8,13H,9-10H2;1,4-7,11H,8H2,2H3;1,3-6,10H,7H2;1,3-6,10H,7H2,(H,13,14);3-6,9H,1-2H3;2-5,8,11H,1H3;2-5H,1H3. The van der Waals surface area contributed by atoms with Crippen molar-refractivity contribution in [3.05, 3.63) is 244 Å². The van der Waals surface area contributed by atoms with E-state index in [-0.39, 0.29) is 38.6 Å². The van der Waals surface area contributed by atoms with Crippen LogP contribution in [0.4, 0.5) is 0 Å². The van der Waals surface area contributed by atoms with Crippen molar-refractivity contribution < 1.29 is 104 Å². The van der Waals surface area contributed by atoms with Crippen LogP contribution >= 0.6 is 92.8 Å². The number of carbonyl (C=O) groups excluding carboxylic acids is 7. The van der Waals surface area contributed by atoms with Crippen LogP contribution in [0.1, 0.15) is 80.4 Å². The van der Waals surface area contributed by atoms with Crippen LogP contribution in [-0.2, 0) is 90.5 Å². The van der Waals surface area contributed by atoms with Crippen LogP contribution in [0.25, 0.3) is 0 Å². The summed E-state index contributed by atoms with van der Waals surface area (Å²) in [6, 6.07) is 44.8. The second-order valence-corrected chi connectivity index (χ2v) is 24.9. The highest BCUT2D eigenvalue weighted by Gasteiger charge is 2.28. The van der Waals surface area contributed by atoms with Gasteiger partial charge in [0.1, 0.15) is 26.4 Å². The lowest BCUT2D eigenvalue weighted by atomic mass is 10.1. The molecule has 31 heteroatoms. The fraction of sp³-hybridized carbons (Fsp3) is 0.211. The summed E-state index contributed by atoms with van der Waals surface area (Å²) < 4.78 is 69.9. The number of carboxylic acids is 1. The molecule has 7 aromatic carbocycles. The topological polar surface area (TPSA) is 303 Å². The van der Waals surface area contributed by atoms with E-state index in [1.807, 2.05) is 0 Å². The molecule has 107 heavy (non-hydrogen) atoms. The smallest absolute Gasteiger partial charge is 0.379 e. The van der Waals surface area contributed by atoms with Crippen molar-refractivity contribution in [1.29, 1.82) is 0 Å². The van der Waals surface area contributed by atoms with E-state index in [0.29, 0.717) is 68.5 Å². The van der Waals surface area contributed by atoms with E-state index in [4.69, 9.17) is 154 Å². The van der Waals surface area contributed by atoms with Crippen molar-refractivity contribution in [3.8, 4) is 61.7 Å². The number of carboxylic acid groups (broad SMARTS) is 1. The fourth-order valence-electron chi connectivity index (χ4n) is 7.43. The first-order chi connectivity index (χ1) is 50.8. The lowest BCUT2D eigenvalue weighted by Gasteiger charge is -2.15. The second kappa shape index (κ2) is 53.3. The van der Waals surface area contributed by atoms with Gasteiger partial charge in [0.05, 0.1) is 34.7 Å². The van der Waals surface area contributed by atoms with Gasteiger partial charge in [0, 0.05) is 40.7 Å². The number of ether oxygens (including phenoxy) is 9. The maximum Gasteiger partial charge on any atom is 0.379 e. The fourth-order valence-corrected chi connectivity index (χ4v) is 9.04. The second-order valence-electron chi connectivity index (χ2n) is 19.8. The van der Waals surface area contributed by atoms with Crippen LogP contribution in [0, 0.1) is 61.7 Å². The predicted molar refractivity (Wildman–Crippen MR) is 405 cm³/mol. The summed E-state index contributed by atoms with van der Waals surface area (Å²) >= 11 is 45.2. The summed E-state index contributed by atoms with van der Waals surface area (Å²) in [5.74, 6) is 6.15. The molecule has 7 rings (SSSR count). The first kappa shape index (κ1) is 95.5. The molecule has 564 valence electrons. The van der Waals surface area contributed by atoms with E-state index < -0.39 is 93.6 Å². The van der Waals surface area contributed by atoms with E-state index in [0.717, 1.165) is 20.5 Å². The highest BCUT2D eigenvalue weighted by atomic mass is 35.5. The number of carbonyl (C=O) groups is 8. The summed E-state index contributed by atoms with van der Waals surface area (Å²) in [4.78, 5) is 89.4. The molecule has 0 aliphatic carbocycles. The van der Waals surface area contributed by atoms with Gasteiger partial charge in [0.2, 0.25) is 0 Å². The van der Waals surface area contributed by atoms with E-state index in [2.05, 4.69) is 52.7 Å². The molecule has 7 aromatic rings. The number of rotatable bonds is 25. The van der Waals surface area contributed by atoms with Gasteiger partial charge in [-0.05, 0) is 142 Å². The maximum absolute atomic E-state index is 11.7. The van der Waals surface area contributed by atoms with Crippen molar-refractivity contribution in [2.24, 2.45) is 0 Å². The van der Waals surface area contributed by atoms with Crippen LogP contribution in [0.3, 0.4) is 0 Å². The van der Waals surface area contributed by atoms with Crippen molar-refractivity contribution in [2.75, 3.05) is 67.7 Å². The summed E-state index contributed by atoms with van der Waals surface area (Å²) in [5, 5.41) is 21.5. The molecule has 0 bridgehead atoms. The summed E-state index contributed by atoms with van der Waals surface area (Å²) in [7, 11) is 1.06. The van der Waals surface area contributed by atoms with Crippen molar-refractivity contribution >= 4 is 150 Å². The zero-order valence-electron chi connectivity index (χ0n) is 57.0. The lowest BCUT2D eigenvalue weighted by molar-refractivity contribution is -0.155. The maximum atomic E-state index is 11.7. The van der Waals surface area contributed by atoms with Gasteiger partial charge in [-0.1, -0.05) is 184 Å². The van der Waals surface area contributed by atoms with E-state index in [1.54, 1.807) is 121 Å². The Labute approximate surface area is 658 Å². The third-order valence-corrected chi connectivity index (χ3v) is 14.8. The summed E-state index contributed by atoms with van der Waals surface area (Å²) in [6.45, 7) is -0.0749. The molecule has 0 heterocycles. The minimum atomic E-state index is -3.77. The molecular formula is C76H66Cl8O22S. The molecule has 2 N–H and O–H groups in total. The number of halogens is 8. The number of esters is 5. The Balaban J connectivity index is 0.000000626. The van der Waals surface area contributed by atoms with Crippen LogP contribution in [0.2, 0.25) is 35.2 Å². The van der Waals surface area contributed by atoms with Crippen LogP contribution < -0.4 is 0 Å². The third-order valence-electron chi connectivity index (χ3n) is 12.3. The molecule has 0 fully saturated rings. The average Bonchev–Trinajstić information content (AvgIpc) is 0.676. The number of aliphatic hydroxyl groups excluding tert-OH is 1. The molecule has 0 spiro atoms. The normalized spacial score (nSPS) is 11.6. The number of hydrogen-bond acceptors (Lipinski definition) is 21. The van der Waals surface area contributed by atoms with Crippen LogP contribution in [0.15, 0.2) is 170 Å². The van der Waals surface area contributed by atoms with Gasteiger partial charge >= 0.3 is 35.8 Å². The van der Waals surface area contributed by atoms with E-state index >= 15 is 0 Å². The highest BCUT2D eigenvalue weighted by Crippen LogP contribution is 2.27. The molecule has 22 nitrogen and oxygen atoms in total. The number of Topliss-reactive ketones (excluding diaryl/α,β-unsaturated/α-hetero) is 1. The van der Waals surface area contributed by atoms with Crippen LogP contribution in [0.5, 0.6) is 0 Å². The van der Waals surface area contributed by atoms with E-state index in [1.165, 1.54) is 62.8 Å². The number of aliphatic hydroxyl groups is 1. The molecule has 0 radical (unpaired) electrons. The largest absolute Gasteiger partial charge is 0.479 e. The summed E-state index contributed by atoms with van der Waals surface area (Å²) in [5.41, 5.74) is 3.51. The minimum absolute atomic E-state index is 0.00154. The Morgan fingerprint density at radius 3 is 0.925 bits per heavy atom. The SMILES string of the molecule is C#CCOC(=O)C(OCC#C)c1ccc(Cl)cc1.C#CCOC(C(=O)Cl)c1ccc(Cl)cc1.C#CCOC(C(=O)O)c1ccc(Cl)cc1.C#CCOC(C(=O)OC)c1ccc(Cl)cc1.COC(=O)C(=O)c1ccc(Cl)cc1.COC(=O)C(O)c1ccc(Cl)cc1.COC(=O)C(OS(C)(=O)=O)c1ccc(Cl)cc1. The van der Waals surface area contributed by atoms with Gasteiger partial charge in [-0.25, -0.2) is 28.8 Å². The number of terminal acetylenes is 5. The molecular weight excluding hydrogens is 1580 g/mol. The van der Waals surface area contributed by atoms with Crippen molar-refractivity contribution in [2.45, 2.75) is 36.6 Å². The number of hydrogen-bond donors (Lipinski definition) is 2. The number of aliphatic carboxylic acids is 1. The molecule has 0 aromatic heterocycles. The van der Waals surface area contributed by atoms with Gasteiger partial charge in [-0.3, -0.25) is 13.8 Å². The zero-order chi connectivity index (χ0) is 80.6. The van der Waals surface area contributed by atoms with Gasteiger partial charge < -0.3 is 52.8 Å². The zero-order valence-corrected chi connectivity index (χ0v) is 63.9. The first-order valence-corrected chi connectivity index (χ1v) is 34.6. The van der Waals surface area contributed by atoms with E-state index in [9.17, 15) is 51.9 Å². The van der Waals surface area contributed by atoms with Gasteiger partial charge in [0.25, 0.3) is 21.1 Å². The quantitative estimate of drug-likeness (QED) is 0.0102. The lowest BCUT2D eigenvalue weighted by Crippen LogP contribution is -2.20. The Bertz CT molecular complexity index is 4230. The Hall–Kier alpha value is -9.47. The molecule has 0 amide bonds. The number of methoxy groups -OCH3 is 4. The van der Waals surface area contributed by atoms with Crippen molar-refractivity contribution in [3.63, 3.8) is 0 Å². The third kappa shape index (κ3) is 38.6. The average molecular weight is 1650 g/mol. The molecule has 6 atom stereocenters. The first-order valence-electron chi connectivity index (χ1n) is 29.7. The highest BCUT2D eigenvalue weighted by molar-refractivity contribution is 7.86. The van der Waals surface area contributed by atoms with Crippen molar-refractivity contribution in [1.82, 2.24) is 0 Å². The summed E-state index contributed by atoms with van der Waals surface area (Å²) in [6.07, 6.45) is 19.9. The van der Waals surface area contributed by atoms with Crippen LogP contribution in [-0.4, -0.2) is 133 Å². The Morgan fingerprint density at radius 2 is 0.636 bits per heavy atom. The molecule has 6 unspecified atom stereocenters. The molecule has 0 aliphatic heterocycles. The van der Waals surface area contributed by atoms with Gasteiger partial charge in [0.15, 0.2) is 43.2 Å². The number of ketones is 1. The number of benzene rings is 7. The van der Waals surface area contributed by atoms with Gasteiger partial charge in [-0.2, -0.15) is 8.42 Å².